The third-order valence-corrected chi connectivity index (χ3v) is 1.95. The summed E-state index contributed by atoms with van der Waals surface area (Å²) in [5, 5.41) is 0. The zero-order valence-electron chi connectivity index (χ0n) is 7.59. The molecule has 1 aromatic heterocycles. The number of nitrogens with one attached hydrogen (secondary N) is 1. The van der Waals surface area contributed by atoms with E-state index in [1.54, 1.807) is 0 Å². The zero-order valence-corrected chi connectivity index (χ0v) is 7.59. The summed E-state index contributed by atoms with van der Waals surface area (Å²) in [6, 6.07) is 4.35. The molecule has 0 aliphatic heterocycles. The smallest absolute Gasteiger partial charge is 0.310 e. The molecule has 2 aromatic rings. The second-order valence-electron chi connectivity index (χ2n) is 3.09. The average molecular weight is 177 g/mol. The molecule has 0 spiro atoms. The van der Waals surface area contributed by atoms with Crippen LogP contribution in [0.1, 0.15) is 11.1 Å². The summed E-state index contributed by atoms with van der Waals surface area (Å²) in [7, 11) is 0. The van der Waals surface area contributed by atoms with Crippen LogP contribution in [-0.4, -0.2) is 4.98 Å². The highest BCUT2D eigenvalue weighted by Gasteiger charge is 2.06. The van der Waals surface area contributed by atoms with Gasteiger partial charge in [-0.15, -0.1) is 0 Å². The van der Waals surface area contributed by atoms with Gasteiger partial charge in [-0.25, -0.2) is 5.84 Å². The van der Waals surface area contributed by atoms with Crippen molar-refractivity contribution in [3.63, 3.8) is 0 Å². The van der Waals surface area contributed by atoms with Crippen LogP contribution >= 0.6 is 0 Å². The minimum Gasteiger partial charge on any atom is -0.423 e. The van der Waals surface area contributed by atoms with E-state index >= 15 is 0 Å². The van der Waals surface area contributed by atoms with Crippen molar-refractivity contribution in [1.29, 1.82) is 0 Å². The Bertz CT molecular complexity index is 447. The maximum absolute atomic E-state index is 5.33. The number of aryl methyl sites for hydroxylation is 2. The maximum atomic E-state index is 5.33. The van der Waals surface area contributed by atoms with Crippen molar-refractivity contribution in [1.82, 2.24) is 4.98 Å². The lowest BCUT2D eigenvalue weighted by Crippen LogP contribution is -2.06. The SMILES string of the molecule is Cc1cc(C)c2nc(NN)oc2c1. The normalized spacial score (nSPS) is 10.7. The zero-order chi connectivity index (χ0) is 9.42. The predicted octanol–water partition coefficient (Wildman–Crippen LogP) is 1.73. The number of benzene rings is 1. The van der Waals surface area contributed by atoms with E-state index in [0.717, 1.165) is 22.2 Å². The van der Waals surface area contributed by atoms with Crippen molar-refractivity contribution < 1.29 is 4.42 Å². The molecule has 0 aliphatic rings. The Hall–Kier alpha value is -1.55. The molecule has 2 rings (SSSR count). The Kier molecular flexibility index (Phi) is 1.70. The quantitative estimate of drug-likeness (QED) is 0.514. The van der Waals surface area contributed by atoms with Gasteiger partial charge in [0.15, 0.2) is 5.58 Å². The molecule has 3 N–H and O–H groups in total. The van der Waals surface area contributed by atoms with Crippen molar-refractivity contribution in [2.24, 2.45) is 5.84 Å². The van der Waals surface area contributed by atoms with Crippen molar-refractivity contribution >= 4 is 17.1 Å². The van der Waals surface area contributed by atoms with Crippen molar-refractivity contribution in [2.75, 3.05) is 5.43 Å². The summed E-state index contributed by atoms with van der Waals surface area (Å²) >= 11 is 0. The van der Waals surface area contributed by atoms with Crippen molar-refractivity contribution in [3.05, 3.63) is 23.3 Å². The first-order valence-corrected chi connectivity index (χ1v) is 4.05. The molecule has 0 unspecified atom stereocenters. The first-order valence-electron chi connectivity index (χ1n) is 4.05. The van der Waals surface area contributed by atoms with Crippen LogP contribution < -0.4 is 11.3 Å². The molecule has 0 radical (unpaired) electrons. The van der Waals surface area contributed by atoms with E-state index < -0.39 is 0 Å². The van der Waals surface area contributed by atoms with Gasteiger partial charge >= 0.3 is 6.01 Å². The lowest BCUT2D eigenvalue weighted by atomic mass is 10.1. The Balaban J connectivity index is 2.75. The number of nitrogens with zero attached hydrogens (tertiary/aromatic N) is 1. The molecule has 0 bridgehead atoms. The van der Waals surface area contributed by atoms with Gasteiger partial charge in [0.05, 0.1) is 0 Å². The first-order chi connectivity index (χ1) is 6.20. The number of hydrogen-bond donors (Lipinski definition) is 2. The molecule has 1 aromatic carbocycles. The second-order valence-corrected chi connectivity index (χ2v) is 3.09. The summed E-state index contributed by atoms with van der Waals surface area (Å²) in [4.78, 5) is 4.17. The second kappa shape index (κ2) is 2.74. The molecule has 0 fully saturated rings. The number of aromatic nitrogens is 1. The van der Waals surface area contributed by atoms with Gasteiger partial charge in [0.25, 0.3) is 0 Å². The van der Waals surface area contributed by atoms with Gasteiger partial charge < -0.3 is 4.42 Å². The van der Waals surface area contributed by atoms with E-state index in [2.05, 4.69) is 16.5 Å². The molecule has 0 saturated carbocycles. The van der Waals surface area contributed by atoms with E-state index in [-0.39, 0.29) is 0 Å². The lowest BCUT2D eigenvalue weighted by molar-refractivity contribution is 0.616. The Labute approximate surface area is 75.7 Å². The van der Waals surface area contributed by atoms with Crippen molar-refractivity contribution in [2.45, 2.75) is 13.8 Å². The fourth-order valence-electron chi connectivity index (χ4n) is 1.43. The highest BCUT2D eigenvalue weighted by Crippen LogP contribution is 2.22. The number of hydrazine groups is 1. The van der Waals surface area contributed by atoms with E-state index in [9.17, 15) is 0 Å². The molecular formula is C9H11N3O. The van der Waals surface area contributed by atoms with E-state index in [4.69, 9.17) is 10.3 Å². The van der Waals surface area contributed by atoms with Crippen LogP contribution in [0.5, 0.6) is 0 Å². The number of fused-ring (bicyclic) bond motifs is 1. The maximum Gasteiger partial charge on any atom is 0.310 e. The lowest BCUT2D eigenvalue weighted by Gasteiger charge is -1.94. The Morgan fingerprint density at radius 3 is 2.85 bits per heavy atom. The van der Waals surface area contributed by atoms with Crippen LogP contribution in [0.15, 0.2) is 16.5 Å². The number of anilines is 1. The molecule has 4 heteroatoms. The molecule has 4 nitrogen and oxygen atoms in total. The van der Waals surface area contributed by atoms with Crippen LogP contribution in [-0.2, 0) is 0 Å². The van der Waals surface area contributed by atoms with Crippen LogP contribution in [0.25, 0.3) is 11.1 Å². The molecule has 68 valence electrons. The summed E-state index contributed by atoms with van der Waals surface area (Å²) in [5.41, 5.74) is 6.27. The Morgan fingerprint density at radius 1 is 1.38 bits per heavy atom. The highest BCUT2D eigenvalue weighted by atomic mass is 16.4. The van der Waals surface area contributed by atoms with Crippen LogP contribution in [0.2, 0.25) is 0 Å². The fraction of sp³-hybridized carbons (Fsp3) is 0.222. The van der Waals surface area contributed by atoms with Gasteiger partial charge in [-0.05, 0) is 31.0 Å². The molecule has 0 saturated heterocycles. The third kappa shape index (κ3) is 1.25. The summed E-state index contributed by atoms with van der Waals surface area (Å²) in [6.07, 6.45) is 0. The highest BCUT2D eigenvalue weighted by molar-refractivity contribution is 5.78. The topological polar surface area (TPSA) is 64.1 Å². The number of oxazole rings is 1. The number of nitrogen functional groups attached to an aromatic ring is 1. The summed E-state index contributed by atoms with van der Waals surface area (Å²) in [6.45, 7) is 4.02. The fourth-order valence-corrected chi connectivity index (χ4v) is 1.43. The third-order valence-electron chi connectivity index (χ3n) is 1.95. The molecule has 0 atom stereocenters. The van der Waals surface area contributed by atoms with Gasteiger partial charge in [0.2, 0.25) is 0 Å². The van der Waals surface area contributed by atoms with Crippen LogP contribution in [0.4, 0.5) is 6.01 Å². The minimum absolute atomic E-state index is 0.351. The number of nitrogens with two attached hydrogens (primary N) is 1. The average Bonchev–Trinajstić information content (AvgIpc) is 2.47. The molecule has 0 aliphatic carbocycles. The molecular weight excluding hydrogens is 166 g/mol. The number of hydrogen-bond acceptors (Lipinski definition) is 4. The standard InChI is InChI=1S/C9H11N3O/c1-5-3-6(2)8-7(4-5)13-9(11-8)12-10/h3-4H,10H2,1-2H3,(H,11,12). The van der Waals surface area contributed by atoms with Gasteiger partial charge in [-0.2, -0.15) is 4.98 Å². The van der Waals surface area contributed by atoms with Crippen LogP contribution in [0.3, 0.4) is 0 Å². The van der Waals surface area contributed by atoms with E-state index in [1.165, 1.54) is 0 Å². The monoisotopic (exact) mass is 177 g/mol. The van der Waals surface area contributed by atoms with Gasteiger partial charge in [0, 0.05) is 0 Å². The molecule has 13 heavy (non-hydrogen) atoms. The predicted molar refractivity (Wildman–Crippen MR) is 51.3 cm³/mol. The molecule has 0 amide bonds. The van der Waals surface area contributed by atoms with Gasteiger partial charge in [-0.3, -0.25) is 5.43 Å². The number of rotatable bonds is 1. The van der Waals surface area contributed by atoms with Crippen molar-refractivity contribution in [3.8, 4) is 0 Å². The Morgan fingerprint density at radius 2 is 2.15 bits per heavy atom. The molecule has 1 heterocycles. The van der Waals surface area contributed by atoms with E-state index in [0.29, 0.717) is 6.01 Å². The summed E-state index contributed by atoms with van der Waals surface area (Å²) in [5.74, 6) is 5.20. The van der Waals surface area contributed by atoms with Gasteiger partial charge in [0.1, 0.15) is 5.52 Å². The summed E-state index contributed by atoms with van der Waals surface area (Å²) < 4.78 is 5.33. The van der Waals surface area contributed by atoms with E-state index in [1.807, 2.05) is 19.9 Å². The largest absolute Gasteiger partial charge is 0.423 e. The minimum atomic E-state index is 0.351. The van der Waals surface area contributed by atoms with Crippen LogP contribution in [0, 0.1) is 13.8 Å². The first kappa shape index (κ1) is 8.07. The van der Waals surface area contributed by atoms with Gasteiger partial charge in [-0.1, -0.05) is 6.07 Å².